The summed E-state index contributed by atoms with van der Waals surface area (Å²) in [5.41, 5.74) is 0.0568. The van der Waals surface area contributed by atoms with Crippen molar-refractivity contribution in [1.29, 1.82) is 0 Å². The van der Waals surface area contributed by atoms with Gasteiger partial charge in [0.15, 0.2) is 0 Å². The standard InChI is InChI=1S/C19H21Cl3N2O5S/c1-5-10(2)23-19(25)11-6-18(14(22)7-12(11)20)30(26,27)24-15-8-13(21)16(28-3)9-17(15)29-4/h6-10,24H,5H2,1-4H3,(H,23,25). The highest BCUT2D eigenvalue weighted by Gasteiger charge is 2.25. The summed E-state index contributed by atoms with van der Waals surface area (Å²) in [5, 5.41) is 2.80. The van der Waals surface area contributed by atoms with E-state index in [1.165, 1.54) is 32.4 Å². The molecular weight excluding hydrogens is 475 g/mol. The molecule has 30 heavy (non-hydrogen) atoms. The summed E-state index contributed by atoms with van der Waals surface area (Å²) in [4.78, 5) is 12.2. The van der Waals surface area contributed by atoms with Gasteiger partial charge in [0, 0.05) is 12.1 Å². The van der Waals surface area contributed by atoms with Crippen LogP contribution in [0.25, 0.3) is 0 Å². The first-order chi connectivity index (χ1) is 14.0. The van der Waals surface area contributed by atoms with Crippen molar-refractivity contribution in [2.75, 3.05) is 18.9 Å². The van der Waals surface area contributed by atoms with E-state index in [0.29, 0.717) is 12.2 Å². The van der Waals surface area contributed by atoms with E-state index in [2.05, 4.69) is 10.0 Å². The minimum Gasteiger partial charge on any atom is -0.495 e. The first kappa shape index (κ1) is 24.4. The molecule has 0 aliphatic heterocycles. The van der Waals surface area contributed by atoms with Crippen LogP contribution in [0.15, 0.2) is 29.2 Å². The fourth-order valence-corrected chi connectivity index (χ4v) is 4.61. The van der Waals surface area contributed by atoms with Gasteiger partial charge in [-0.1, -0.05) is 41.7 Å². The number of nitrogens with one attached hydrogen (secondary N) is 2. The minimum atomic E-state index is -4.22. The number of benzene rings is 2. The van der Waals surface area contributed by atoms with Crippen LogP contribution in [-0.2, 0) is 10.0 Å². The lowest BCUT2D eigenvalue weighted by Gasteiger charge is -2.16. The highest BCUT2D eigenvalue weighted by atomic mass is 35.5. The molecule has 2 N–H and O–H groups in total. The number of methoxy groups -OCH3 is 2. The monoisotopic (exact) mass is 494 g/mol. The number of anilines is 1. The van der Waals surface area contributed by atoms with Crippen LogP contribution in [0, 0.1) is 0 Å². The second-order valence-corrected chi connectivity index (χ2v) is 9.21. The highest BCUT2D eigenvalue weighted by molar-refractivity contribution is 7.92. The van der Waals surface area contributed by atoms with Gasteiger partial charge in [0.2, 0.25) is 0 Å². The summed E-state index contributed by atoms with van der Waals surface area (Å²) >= 11 is 18.4. The van der Waals surface area contributed by atoms with E-state index < -0.39 is 15.9 Å². The lowest BCUT2D eigenvalue weighted by atomic mass is 10.2. The Balaban J connectivity index is 2.49. The molecule has 11 heteroatoms. The topological polar surface area (TPSA) is 93.7 Å². The fraction of sp³-hybridized carbons (Fsp3) is 0.316. The second kappa shape index (κ2) is 9.96. The molecule has 1 amide bonds. The predicted octanol–water partition coefficient (Wildman–Crippen LogP) is 4.99. The average molecular weight is 496 g/mol. The predicted molar refractivity (Wildman–Crippen MR) is 119 cm³/mol. The Kier molecular flexibility index (Phi) is 8.10. The molecule has 0 aliphatic carbocycles. The van der Waals surface area contributed by atoms with Gasteiger partial charge in [-0.3, -0.25) is 9.52 Å². The molecule has 0 bridgehead atoms. The third-order valence-electron chi connectivity index (χ3n) is 4.26. The fourth-order valence-electron chi connectivity index (χ4n) is 2.45. The number of carbonyl (C=O) groups excluding carboxylic acids is 1. The zero-order valence-electron chi connectivity index (χ0n) is 16.7. The first-order valence-corrected chi connectivity index (χ1v) is 11.4. The molecule has 1 unspecified atom stereocenters. The van der Waals surface area contributed by atoms with Crippen molar-refractivity contribution in [3.8, 4) is 11.5 Å². The molecule has 0 aliphatic rings. The van der Waals surface area contributed by atoms with Crippen molar-refractivity contribution in [2.45, 2.75) is 31.2 Å². The number of amides is 1. The normalized spacial score (nSPS) is 12.2. The molecule has 2 rings (SSSR count). The van der Waals surface area contributed by atoms with Crippen LogP contribution in [0.3, 0.4) is 0 Å². The maximum absolute atomic E-state index is 13.0. The number of rotatable bonds is 8. The number of sulfonamides is 1. The van der Waals surface area contributed by atoms with Crippen molar-refractivity contribution in [2.24, 2.45) is 0 Å². The van der Waals surface area contributed by atoms with E-state index in [1.807, 2.05) is 13.8 Å². The molecule has 2 aromatic rings. The van der Waals surface area contributed by atoms with E-state index in [1.54, 1.807) is 0 Å². The summed E-state index contributed by atoms with van der Waals surface area (Å²) in [7, 11) is -1.43. The lowest BCUT2D eigenvalue weighted by Crippen LogP contribution is -2.32. The van der Waals surface area contributed by atoms with Crippen molar-refractivity contribution in [3.05, 3.63) is 44.9 Å². The number of ether oxygens (including phenoxy) is 2. The molecule has 7 nitrogen and oxygen atoms in total. The quantitative estimate of drug-likeness (QED) is 0.538. The summed E-state index contributed by atoms with van der Waals surface area (Å²) in [5.74, 6) is -0.0165. The van der Waals surface area contributed by atoms with E-state index in [-0.39, 0.29) is 43.0 Å². The van der Waals surface area contributed by atoms with Crippen LogP contribution in [-0.4, -0.2) is 34.6 Å². The van der Waals surface area contributed by atoms with Gasteiger partial charge in [0.25, 0.3) is 15.9 Å². The molecule has 0 spiro atoms. The van der Waals surface area contributed by atoms with Gasteiger partial charge in [-0.2, -0.15) is 0 Å². The second-order valence-electron chi connectivity index (χ2n) is 6.34. The van der Waals surface area contributed by atoms with Crippen LogP contribution < -0.4 is 19.5 Å². The Morgan fingerprint density at radius 3 is 2.20 bits per heavy atom. The van der Waals surface area contributed by atoms with Gasteiger partial charge in [-0.25, -0.2) is 8.42 Å². The average Bonchev–Trinajstić information content (AvgIpc) is 2.67. The number of halogens is 3. The molecule has 0 saturated heterocycles. The Hall–Kier alpha value is -1.87. The number of hydrogen-bond donors (Lipinski definition) is 2. The smallest absolute Gasteiger partial charge is 0.263 e. The zero-order chi connectivity index (χ0) is 22.6. The Labute approximate surface area is 190 Å². The first-order valence-electron chi connectivity index (χ1n) is 8.78. The molecule has 1 atom stereocenters. The van der Waals surface area contributed by atoms with Crippen LogP contribution in [0.1, 0.15) is 30.6 Å². The van der Waals surface area contributed by atoms with Gasteiger partial charge < -0.3 is 14.8 Å². The van der Waals surface area contributed by atoms with Gasteiger partial charge in [-0.15, -0.1) is 0 Å². The molecule has 164 valence electrons. The third kappa shape index (κ3) is 5.43. The summed E-state index contributed by atoms with van der Waals surface area (Å²) in [6.07, 6.45) is 0.696. The minimum absolute atomic E-state index is 0.0125. The van der Waals surface area contributed by atoms with Gasteiger partial charge >= 0.3 is 0 Å². The molecule has 2 aromatic carbocycles. The number of carbonyl (C=O) groups is 1. The Bertz CT molecular complexity index is 1060. The maximum Gasteiger partial charge on any atom is 0.263 e. The van der Waals surface area contributed by atoms with Gasteiger partial charge in [-0.05, 0) is 31.5 Å². The summed E-state index contributed by atoms with van der Waals surface area (Å²) in [6.45, 7) is 3.72. The van der Waals surface area contributed by atoms with Crippen molar-refractivity contribution >= 4 is 56.4 Å². The molecular formula is C19H21Cl3N2O5S. The van der Waals surface area contributed by atoms with Crippen molar-refractivity contribution < 1.29 is 22.7 Å². The molecule has 0 heterocycles. The Morgan fingerprint density at radius 1 is 1.00 bits per heavy atom. The highest BCUT2D eigenvalue weighted by Crippen LogP contribution is 2.38. The van der Waals surface area contributed by atoms with Gasteiger partial charge in [0.1, 0.15) is 16.4 Å². The molecule has 0 saturated carbocycles. The van der Waals surface area contributed by atoms with E-state index in [9.17, 15) is 13.2 Å². The number of hydrogen-bond acceptors (Lipinski definition) is 5. The summed E-state index contributed by atoms with van der Waals surface area (Å²) in [6, 6.07) is 5.00. The third-order valence-corrected chi connectivity index (χ3v) is 6.70. The molecule has 0 radical (unpaired) electrons. The Morgan fingerprint density at radius 2 is 1.63 bits per heavy atom. The lowest BCUT2D eigenvalue weighted by molar-refractivity contribution is 0.0939. The van der Waals surface area contributed by atoms with E-state index in [4.69, 9.17) is 44.3 Å². The van der Waals surface area contributed by atoms with Crippen LogP contribution in [0.5, 0.6) is 11.5 Å². The van der Waals surface area contributed by atoms with Crippen LogP contribution in [0.2, 0.25) is 15.1 Å². The SMILES string of the molecule is CCC(C)NC(=O)c1cc(S(=O)(=O)Nc2cc(Cl)c(OC)cc2OC)c(Cl)cc1Cl. The molecule has 0 aromatic heterocycles. The zero-order valence-corrected chi connectivity index (χ0v) is 19.8. The van der Waals surface area contributed by atoms with E-state index >= 15 is 0 Å². The van der Waals surface area contributed by atoms with E-state index in [0.717, 1.165) is 6.07 Å². The molecule has 0 fully saturated rings. The maximum atomic E-state index is 13.0. The largest absolute Gasteiger partial charge is 0.495 e. The van der Waals surface area contributed by atoms with Crippen molar-refractivity contribution in [3.63, 3.8) is 0 Å². The van der Waals surface area contributed by atoms with Crippen LogP contribution >= 0.6 is 34.8 Å². The van der Waals surface area contributed by atoms with Gasteiger partial charge in [0.05, 0.1) is 40.5 Å². The van der Waals surface area contributed by atoms with Crippen molar-refractivity contribution in [1.82, 2.24) is 5.32 Å². The summed E-state index contributed by atoms with van der Waals surface area (Å²) < 4.78 is 38.7. The van der Waals surface area contributed by atoms with Crippen LogP contribution in [0.4, 0.5) is 5.69 Å².